The van der Waals surface area contributed by atoms with Crippen LogP contribution in [0.5, 0.6) is 0 Å². The van der Waals surface area contributed by atoms with Gasteiger partial charge in [-0.2, -0.15) is 0 Å². The summed E-state index contributed by atoms with van der Waals surface area (Å²) in [6.45, 7) is 0. The fourth-order valence-electron chi connectivity index (χ4n) is 2.10. The molecule has 0 saturated carbocycles. The molecule has 2 aromatic heterocycles. The van der Waals surface area contributed by atoms with Gasteiger partial charge in [0.1, 0.15) is 11.3 Å². The lowest BCUT2D eigenvalue weighted by Crippen LogP contribution is -2.06. The van der Waals surface area contributed by atoms with Crippen LogP contribution >= 0.6 is 15.9 Å². The molecule has 0 spiro atoms. The van der Waals surface area contributed by atoms with Gasteiger partial charge in [0.15, 0.2) is 5.69 Å². The van der Waals surface area contributed by atoms with Crippen LogP contribution in [0.25, 0.3) is 16.9 Å². The van der Waals surface area contributed by atoms with E-state index < -0.39 is 5.97 Å². The zero-order valence-corrected chi connectivity index (χ0v) is 12.3. The Morgan fingerprint density at radius 1 is 1.20 bits per heavy atom. The molecule has 3 aromatic rings. The maximum Gasteiger partial charge on any atom is 0.357 e. The molecule has 3 rings (SSSR count). The molecule has 0 aliphatic rings. The second-order valence-electron chi connectivity index (χ2n) is 4.24. The van der Waals surface area contributed by atoms with Crippen molar-refractivity contribution in [1.29, 1.82) is 0 Å². The number of pyridine rings is 1. The average molecular weight is 331 g/mol. The third kappa shape index (κ3) is 2.10. The maximum atomic E-state index is 12.1. The molecule has 0 amide bonds. The molecule has 0 bridgehead atoms. The van der Waals surface area contributed by atoms with E-state index in [1.165, 1.54) is 7.11 Å². The molecule has 0 fully saturated rings. The molecule has 5 heteroatoms. The summed E-state index contributed by atoms with van der Waals surface area (Å²) in [6, 6.07) is 13.3. The van der Waals surface area contributed by atoms with Crippen LogP contribution in [-0.2, 0) is 4.74 Å². The second kappa shape index (κ2) is 5.09. The van der Waals surface area contributed by atoms with E-state index in [0.29, 0.717) is 17.0 Å². The van der Waals surface area contributed by atoms with Crippen LogP contribution in [0.1, 0.15) is 10.5 Å². The first-order valence-corrected chi connectivity index (χ1v) is 6.81. The molecule has 0 atom stereocenters. The van der Waals surface area contributed by atoms with Crippen LogP contribution in [0.3, 0.4) is 0 Å². The largest absolute Gasteiger partial charge is 0.464 e. The lowest BCUT2D eigenvalue weighted by Gasteiger charge is -2.03. The predicted octanol–water partition coefficient (Wildman–Crippen LogP) is 3.55. The van der Waals surface area contributed by atoms with E-state index in [9.17, 15) is 4.79 Å². The minimum absolute atomic E-state index is 0.401. The molecular formula is C15H11BrN2O2. The number of esters is 1. The summed E-state index contributed by atoms with van der Waals surface area (Å²) in [5.74, 6) is -0.401. The minimum Gasteiger partial charge on any atom is -0.464 e. The van der Waals surface area contributed by atoms with Gasteiger partial charge in [0.05, 0.1) is 7.11 Å². The molecule has 0 N–H and O–H groups in total. The van der Waals surface area contributed by atoms with Gasteiger partial charge in [-0.05, 0) is 24.3 Å². The Hall–Kier alpha value is -2.14. The number of nitrogens with zero attached hydrogens (tertiary/aromatic N) is 2. The van der Waals surface area contributed by atoms with Gasteiger partial charge in [0.25, 0.3) is 0 Å². The van der Waals surface area contributed by atoms with Crippen molar-refractivity contribution in [2.45, 2.75) is 0 Å². The Kier molecular flexibility index (Phi) is 3.28. The first-order valence-electron chi connectivity index (χ1n) is 6.02. The minimum atomic E-state index is -0.401. The molecule has 2 heterocycles. The summed E-state index contributed by atoms with van der Waals surface area (Å²) < 4.78 is 7.60. The van der Waals surface area contributed by atoms with E-state index in [2.05, 4.69) is 20.9 Å². The standard InChI is InChI=1S/C15H11BrN2O2/c1-20-15(19)14-13(10-5-7-11(16)8-6-10)17-12-4-2-3-9-18(12)14/h2-9H,1H3. The third-order valence-corrected chi connectivity index (χ3v) is 3.55. The van der Waals surface area contributed by atoms with E-state index in [1.807, 2.05) is 42.5 Å². The summed E-state index contributed by atoms with van der Waals surface area (Å²) in [7, 11) is 1.37. The highest BCUT2D eigenvalue weighted by Gasteiger charge is 2.20. The van der Waals surface area contributed by atoms with Crippen molar-refractivity contribution in [3.8, 4) is 11.3 Å². The van der Waals surface area contributed by atoms with Crippen LogP contribution in [-0.4, -0.2) is 22.5 Å². The number of ether oxygens (including phenoxy) is 1. The Labute approximate surface area is 124 Å². The zero-order chi connectivity index (χ0) is 14.1. The van der Waals surface area contributed by atoms with Crippen molar-refractivity contribution in [1.82, 2.24) is 9.38 Å². The summed E-state index contributed by atoms with van der Waals surface area (Å²) in [6.07, 6.45) is 1.80. The van der Waals surface area contributed by atoms with Crippen LogP contribution in [0.2, 0.25) is 0 Å². The third-order valence-electron chi connectivity index (χ3n) is 3.03. The fraction of sp³-hybridized carbons (Fsp3) is 0.0667. The first-order chi connectivity index (χ1) is 9.70. The van der Waals surface area contributed by atoms with Gasteiger partial charge in [-0.3, -0.25) is 4.40 Å². The highest BCUT2D eigenvalue weighted by Crippen LogP contribution is 2.26. The molecule has 1 aromatic carbocycles. The number of methoxy groups -OCH3 is 1. The SMILES string of the molecule is COC(=O)c1c(-c2ccc(Br)cc2)nc2ccccn12. The number of hydrogen-bond acceptors (Lipinski definition) is 3. The summed E-state index contributed by atoms with van der Waals surface area (Å²) >= 11 is 3.40. The van der Waals surface area contributed by atoms with Gasteiger partial charge < -0.3 is 4.74 Å². The highest BCUT2D eigenvalue weighted by molar-refractivity contribution is 9.10. The lowest BCUT2D eigenvalue weighted by atomic mass is 10.1. The Bertz CT molecular complexity index is 778. The number of aromatic nitrogens is 2. The van der Waals surface area contributed by atoms with Crippen LogP contribution < -0.4 is 0 Å². The maximum absolute atomic E-state index is 12.1. The molecule has 4 nitrogen and oxygen atoms in total. The van der Waals surface area contributed by atoms with E-state index in [1.54, 1.807) is 10.6 Å². The van der Waals surface area contributed by atoms with Gasteiger partial charge in [-0.25, -0.2) is 9.78 Å². The van der Waals surface area contributed by atoms with Crippen LogP contribution in [0.15, 0.2) is 53.1 Å². The summed E-state index contributed by atoms with van der Waals surface area (Å²) in [4.78, 5) is 16.6. The number of fused-ring (bicyclic) bond motifs is 1. The van der Waals surface area contributed by atoms with Gasteiger partial charge in [-0.15, -0.1) is 0 Å². The van der Waals surface area contributed by atoms with E-state index in [4.69, 9.17) is 4.74 Å². The molecule has 100 valence electrons. The van der Waals surface area contributed by atoms with Gasteiger partial charge in [0.2, 0.25) is 0 Å². The fourth-order valence-corrected chi connectivity index (χ4v) is 2.36. The molecular weight excluding hydrogens is 320 g/mol. The molecule has 0 aliphatic carbocycles. The van der Waals surface area contributed by atoms with Crippen molar-refractivity contribution in [2.75, 3.05) is 7.11 Å². The summed E-state index contributed by atoms with van der Waals surface area (Å²) in [5.41, 5.74) is 2.64. The number of hydrogen-bond donors (Lipinski definition) is 0. The van der Waals surface area contributed by atoms with Gasteiger partial charge in [0, 0.05) is 16.2 Å². The van der Waals surface area contributed by atoms with Crippen molar-refractivity contribution < 1.29 is 9.53 Å². The van der Waals surface area contributed by atoms with Gasteiger partial charge in [-0.1, -0.05) is 34.1 Å². The topological polar surface area (TPSA) is 43.6 Å². The van der Waals surface area contributed by atoms with E-state index >= 15 is 0 Å². The normalized spacial score (nSPS) is 10.7. The smallest absolute Gasteiger partial charge is 0.357 e. The Morgan fingerprint density at radius 3 is 2.65 bits per heavy atom. The average Bonchev–Trinajstić information content (AvgIpc) is 2.86. The number of rotatable bonds is 2. The number of benzene rings is 1. The predicted molar refractivity (Wildman–Crippen MR) is 79.7 cm³/mol. The van der Waals surface area contributed by atoms with Crippen LogP contribution in [0, 0.1) is 0 Å². The molecule has 0 saturated heterocycles. The summed E-state index contributed by atoms with van der Waals surface area (Å²) in [5, 5.41) is 0. The quantitative estimate of drug-likeness (QED) is 0.675. The van der Waals surface area contributed by atoms with E-state index in [0.717, 1.165) is 10.0 Å². The lowest BCUT2D eigenvalue weighted by molar-refractivity contribution is 0.0594. The Balaban J connectivity index is 2.29. The van der Waals surface area contributed by atoms with Crippen molar-refractivity contribution >= 4 is 27.5 Å². The van der Waals surface area contributed by atoms with E-state index in [-0.39, 0.29) is 0 Å². The Morgan fingerprint density at radius 2 is 1.95 bits per heavy atom. The zero-order valence-electron chi connectivity index (χ0n) is 10.7. The van der Waals surface area contributed by atoms with Crippen molar-refractivity contribution in [2.24, 2.45) is 0 Å². The molecule has 0 aliphatic heterocycles. The molecule has 0 unspecified atom stereocenters. The van der Waals surface area contributed by atoms with Crippen molar-refractivity contribution in [3.63, 3.8) is 0 Å². The number of halogens is 1. The second-order valence-corrected chi connectivity index (χ2v) is 5.15. The number of imidazole rings is 1. The monoisotopic (exact) mass is 330 g/mol. The van der Waals surface area contributed by atoms with Gasteiger partial charge >= 0.3 is 5.97 Å². The number of carbonyl (C=O) groups is 1. The first kappa shape index (κ1) is 12.9. The van der Waals surface area contributed by atoms with Crippen molar-refractivity contribution in [3.05, 3.63) is 58.8 Å². The number of carbonyl (C=O) groups excluding carboxylic acids is 1. The molecule has 0 radical (unpaired) electrons. The van der Waals surface area contributed by atoms with Crippen LogP contribution in [0.4, 0.5) is 0 Å². The highest BCUT2D eigenvalue weighted by atomic mass is 79.9. The molecule has 20 heavy (non-hydrogen) atoms.